The van der Waals surface area contributed by atoms with E-state index in [1.807, 2.05) is 26.0 Å². The van der Waals surface area contributed by atoms with Crippen molar-refractivity contribution in [2.75, 3.05) is 12.8 Å². The summed E-state index contributed by atoms with van der Waals surface area (Å²) in [5.41, 5.74) is -0.155. The molecular weight excluding hydrogens is 416 g/mol. The van der Waals surface area contributed by atoms with Gasteiger partial charge in [-0.05, 0) is 36.5 Å². The Balaban J connectivity index is 2.51. The van der Waals surface area contributed by atoms with Gasteiger partial charge in [0.1, 0.15) is 0 Å². The molecule has 4 atom stereocenters. The molecule has 0 saturated carbocycles. The number of carboxylic acid groups (broad SMARTS) is 1. The number of carbonyl (C=O) groups excluding carboxylic acids is 1. The number of carbonyl (C=O) groups is 2. The SMILES string of the molecule is CC[C@@H](CNS(C)(=O)=O)N1C(=O)[C@@](C)(CC(=O)O)C[C@H](C)[C@H]1c1ccc(Cl)cc1. The van der Waals surface area contributed by atoms with E-state index in [0.717, 1.165) is 11.8 Å². The van der Waals surface area contributed by atoms with Gasteiger partial charge in [-0.1, -0.05) is 44.5 Å². The number of likely N-dealkylation sites (tertiary alicyclic amines) is 1. The average Bonchev–Trinajstić information content (AvgIpc) is 2.59. The van der Waals surface area contributed by atoms with Crippen LogP contribution in [-0.2, 0) is 19.6 Å². The zero-order valence-electron chi connectivity index (χ0n) is 17.2. The number of aliphatic carboxylic acids is 1. The number of carboxylic acids is 1. The predicted octanol–water partition coefficient (Wildman–Crippen LogP) is 3.06. The molecule has 0 spiro atoms. The van der Waals surface area contributed by atoms with Crippen molar-refractivity contribution in [3.8, 4) is 0 Å². The Hall–Kier alpha value is -1.64. The lowest BCUT2D eigenvalue weighted by molar-refractivity contribution is -0.162. The molecule has 0 aliphatic carbocycles. The van der Waals surface area contributed by atoms with Crippen molar-refractivity contribution in [1.29, 1.82) is 0 Å². The highest BCUT2D eigenvalue weighted by molar-refractivity contribution is 7.88. The van der Waals surface area contributed by atoms with E-state index in [9.17, 15) is 23.1 Å². The third-order valence-electron chi connectivity index (χ3n) is 5.56. The average molecular weight is 445 g/mol. The van der Waals surface area contributed by atoms with Crippen LogP contribution in [0.1, 0.15) is 51.6 Å². The third kappa shape index (κ3) is 5.71. The van der Waals surface area contributed by atoms with Crippen LogP contribution in [0.25, 0.3) is 0 Å². The standard InChI is InChI=1S/C20H29ClN2O5S/c1-5-16(12-22-29(4,27)28)23-18(14-6-8-15(21)9-7-14)13(2)10-20(3,19(23)26)11-17(24)25/h6-9,13,16,18,22H,5,10-12H2,1-4H3,(H,24,25)/t13-,16-,18-,20+/m0/s1. The van der Waals surface area contributed by atoms with Crippen LogP contribution in [0.4, 0.5) is 0 Å². The molecule has 1 saturated heterocycles. The first kappa shape index (κ1) is 23.6. The van der Waals surface area contributed by atoms with Crippen LogP contribution >= 0.6 is 11.6 Å². The minimum absolute atomic E-state index is 0.0227. The van der Waals surface area contributed by atoms with Gasteiger partial charge < -0.3 is 10.0 Å². The molecular formula is C20H29ClN2O5S. The monoisotopic (exact) mass is 444 g/mol. The molecule has 1 heterocycles. The summed E-state index contributed by atoms with van der Waals surface area (Å²) >= 11 is 6.02. The number of sulfonamides is 1. The zero-order valence-corrected chi connectivity index (χ0v) is 18.8. The lowest BCUT2D eigenvalue weighted by Gasteiger charge is -2.51. The molecule has 29 heavy (non-hydrogen) atoms. The second-order valence-electron chi connectivity index (χ2n) is 8.20. The number of piperidine rings is 1. The van der Waals surface area contributed by atoms with Crippen LogP contribution in [-0.4, -0.2) is 49.1 Å². The number of rotatable bonds is 8. The van der Waals surface area contributed by atoms with E-state index in [-0.39, 0.29) is 30.8 Å². The molecule has 0 radical (unpaired) electrons. The number of nitrogens with one attached hydrogen (secondary N) is 1. The molecule has 2 N–H and O–H groups in total. The Morgan fingerprint density at radius 2 is 1.97 bits per heavy atom. The number of benzene rings is 1. The minimum Gasteiger partial charge on any atom is -0.481 e. The minimum atomic E-state index is -3.43. The number of nitrogens with zero attached hydrogens (tertiary/aromatic N) is 1. The van der Waals surface area contributed by atoms with Gasteiger partial charge in [0.25, 0.3) is 0 Å². The summed E-state index contributed by atoms with van der Waals surface area (Å²) < 4.78 is 25.8. The fraction of sp³-hybridized carbons (Fsp3) is 0.600. The Bertz CT molecular complexity index is 858. The number of halogens is 1. The van der Waals surface area contributed by atoms with E-state index in [1.165, 1.54) is 0 Å². The summed E-state index contributed by atoms with van der Waals surface area (Å²) in [6, 6.07) is 6.53. The highest BCUT2D eigenvalue weighted by atomic mass is 35.5. The van der Waals surface area contributed by atoms with Crippen molar-refractivity contribution in [2.24, 2.45) is 11.3 Å². The quantitative estimate of drug-likeness (QED) is 0.641. The summed E-state index contributed by atoms with van der Waals surface area (Å²) in [6.07, 6.45) is 1.76. The second kappa shape index (κ2) is 9.02. The first-order valence-corrected chi connectivity index (χ1v) is 11.9. The van der Waals surface area contributed by atoms with Gasteiger partial charge in [0.05, 0.1) is 24.1 Å². The van der Waals surface area contributed by atoms with Gasteiger partial charge in [-0.3, -0.25) is 9.59 Å². The van der Waals surface area contributed by atoms with Crippen LogP contribution < -0.4 is 4.72 Å². The molecule has 1 fully saturated rings. The highest BCUT2D eigenvalue weighted by Crippen LogP contribution is 2.47. The van der Waals surface area contributed by atoms with Crippen molar-refractivity contribution in [3.05, 3.63) is 34.9 Å². The van der Waals surface area contributed by atoms with Crippen molar-refractivity contribution in [3.63, 3.8) is 0 Å². The van der Waals surface area contributed by atoms with Crippen LogP contribution in [0, 0.1) is 11.3 Å². The number of amides is 1. The summed E-state index contributed by atoms with van der Waals surface area (Å²) in [4.78, 5) is 26.7. The van der Waals surface area contributed by atoms with E-state index < -0.39 is 27.4 Å². The van der Waals surface area contributed by atoms with Gasteiger partial charge in [0.15, 0.2) is 0 Å². The van der Waals surface area contributed by atoms with Crippen LogP contribution in [0.2, 0.25) is 5.02 Å². The lowest BCUT2D eigenvalue weighted by atomic mass is 9.69. The van der Waals surface area contributed by atoms with Gasteiger partial charge in [0.2, 0.25) is 15.9 Å². The Morgan fingerprint density at radius 3 is 2.45 bits per heavy atom. The maximum atomic E-state index is 13.6. The van der Waals surface area contributed by atoms with E-state index in [4.69, 9.17) is 11.6 Å². The molecule has 9 heteroatoms. The molecule has 1 aliphatic heterocycles. The van der Waals surface area contributed by atoms with Crippen LogP contribution in [0.5, 0.6) is 0 Å². The molecule has 0 bridgehead atoms. The molecule has 2 rings (SSSR count). The van der Waals surface area contributed by atoms with Gasteiger partial charge >= 0.3 is 5.97 Å². The van der Waals surface area contributed by atoms with Crippen LogP contribution in [0.3, 0.4) is 0 Å². The van der Waals surface area contributed by atoms with Gasteiger partial charge in [0, 0.05) is 17.6 Å². The lowest BCUT2D eigenvalue weighted by Crippen LogP contribution is -2.58. The molecule has 0 unspecified atom stereocenters. The van der Waals surface area contributed by atoms with E-state index in [2.05, 4.69) is 4.72 Å². The van der Waals surface area contributed by atoms with Gasteiger partial charge in [-0.25, -0.2) is 13.1 Å². The maximum absolute atomic E-state index is 13.6. The topological polar surface area (TPSA) is 104 Å². The fourth-order valence-electron chi connectivity index (χ4n) is 4.33. The summed E-state index contributed by atoms with van der Waals surface area (Å²) in [5, 5.41) is 9.94. The molecule has 1 aliphatic rings. The van der Waals surface area contributed by atoms with Crippen molar-refractivity contribution >= 4 is 33.5 Å². The van der Waals surface area contributed by atoms with Crippen molar-refractivity contribution in [2.45, 2.75) is 52.1 Å². The maximum Gasteiger partial charge on any atom is 0.304 e. The van der Waals surface area contributed by atoms with Crippen molar-refractivity contribution < 1.29 is 23.1 Å². The smallest absolute Gasteiger partial charge is 0.304 e. The number of hydrogen-bond donors (Lipinski definition) is 2. The Kier molecular flexibility index (Phi) is 7.35. The van der Waals surface area contributed by atoms with Crippen molar-refractivity contribution in [1.82, 2.24) is 9.62 Å². The van der Waals surface area contributed by atoms with E-state index >= 15 is 0 Å². The Labute approximate surface area is 177 Å². The van der Waals surface area contributed by atoms with E-state index in [0.29, 0.717) is 17.9 Å². The molecule has 1 aromatic carbocycles. The normalized spacial score (nSPS) is 26.4. The first-order valence-electron chi connectivity index (χ1n) is 9.62. The molecule has 162 valence electrons. The summed E-state index contributed by atoms with van der Waals surface area (Å²) in [6.45, 7) is 5.63. The van der Waals surface area contributed by atoms with Gasteiger partial charge in [-0.15, -0.1) is 0 Å². The van der Waals surface area contributed by atoms with E-state index in [1.54, 1.807) is 24.0 Å². The predicted molar refractivity (Wildman–Crippen MR) is 112 cm³/mol. The highest BCUT2D eigenvalue weighted by Gasteiger charge is 2.50. The molecule has 1 aromatic rings. The number of hydrogen-bond acceptors (Lipinski definition) is 4. The zero-order chi connectivity index (χ0) is 22.0. The largest absolute Gasteiger partial charge is 0.481 e. The summed E-state index contributed by atoms with van der Waals surface area (Å²) in [7, 11) is -3.43. The summed E-state index contributed by atoms with van der Waals surface area (Å²) in [5.74, 6) is -1.31. The first-order chi connectivity index (χ1) is 13.4. The molecule has 1 amide bonds. The fourth-order valence-corrected chi connectivity index (χ4v) is 4.95. The third-order valence-corrected chi connectivity index (χ3v) is 6.50. The van der Waals surface area contributed by atoms with Crippen LogP contribution in [0.15, 0.2) is 24.3 Å². The molecule has 7 nitrogen and oxygen atoms in total. The molecule has 0 aromatic heterocycles. The Morgan fingerprint density at radius 1 is 1.38 bits per heavy atom. The van der Waals surface area contributed by atoms with Gasteiger partial charge in [-0.2, -0.15) is 0 Å². The second-order valence-corrected chi connectivity index (χ2v) is 10.5.